The van der Waals surface area contributed by atoms with Gasteiger partial charge in [0.1, 0.15) is 18.8 Å². The summed E-state index contributed by atoms with van der Waals surface area (Å²) in [7, 11) is 1.28. The minimum absolute atomic E-state index is 0.0994. The van der Waals surface area contributed by atoms with Gasteiger partial charge in [0.2, 0.25) is 0 Å². The normalized spacial score (nSPS) is 24.9. The van der Waals surface area contributed by atoms with Crippen LogP contribution in [0.5, 0.6) is 0 Å². The van der Waals surface area contributed by atoms with Gasteiger partial charge in [-0.3, -0.25) is 9.59 Å². The molecule has 1 aromatic heterocycles. The van der Waals surface area contributed by atoms with E-state index in [-0.39, 0.29) is 33.6 Å². The van der Waals surface area contributed by atoms with Crippen LogP contribution in [0.3, 0.4) is 0 Å². The number of rotatable bonds is 6. The summed E-state index contributed by atoms with van der Waals surface area (Å²) in [4.78, 5) is 45.4. The molecule has 2 aliphatic rings. The lowest BCUT2D eigenvalue weighted by Gasteiger charge is -2.43. The van der Waals surface area contributed by atoms with Crippen molar-refractivity contribution in [1.29, 1.82) is 0 Å². The van der Waals surface area contributed by atoms with Crippen LogP contribution in [0.1, 0.15) is 5.69 Å². The van der Waals surface area contributed by atoms with Crippen molar-refractivity contribution in [2.75, 3.05) is 24.3 Å². The smallest absolute Gasteiger partial charge is 0.332 e. The SMILES string of the molecule is CON=C(C(=O)N[C@@H]1C(=O)C2=C(C(=O)O)C(CS)CS[C@@H]21)c1csc(N)n1. The number of thiol groups is 1. The first-order valence-corrected chi connectivity index (χ1v) is 10.3. The van der Waals surface area contributed by atoms with Crippen LogP contribution in [-0.4, -0.2) is 63.4 Å². The lowest BCUT2D eigenvalue weighted by Crippen LogP contribution is -2.61. The number of thiazole rings is 1. The molecule has 4 N–H and O–H groups in total. The fraction of sp³-hybridized carbons (Fsp3) is 0.400. The number of carboxylic acids is 1. The van der Waals surface area contributed by atoms with Crippen molar-refractivity contribution in [3.63, 3.8) is 0 Å². The van der Waals surface area contributed by atoms with Gasteiger partial charge in [-0.15, -0.1) is 11.3 Å². The predicted molar refractivity (Wildman–Crippen MR) is 105 cm³/mol. The summed E-state index contributed by atoms with van der Waals surface area (Å²) < 4.78 is 0. The number of oxime groups is 1. The van der Waals surface area contributed by atoms with Crippen LogP contribution in [0.25, 0.3) is 0 Å². The first-order chi connectivity index (χ1) is 12.9. The van der Waals surface area contributed by atoms with Gasteiger partial charge in [-0.1, -0.05) is 5.16 Å². The second-order valence-corrected chi connectivity index (χ2v) is 8.20. The van der Waals surface area contributed by atoms with Crippen LogP contribution in [0.4, 0.5) is 5.13 Å². The van der Waals surface area contributed by atoms with Crippen LogP contribution in [0.2, 0.25) is 0 Å². The molecule has 1 fully saturated rings. The number of nitrogens with one attached hydrogen (secondary N) is 1. The highest BCUT2D eigenvalue weighted by atomic mass is 32.2. The molecule has 1 aliphatic heterocycles. The molecule has 27 heavy (non-hydrogen) atoms. The highest BCUT2D eigenvalue weighted by Gasteiger charge is 2.52. The standard InChI is InChI=1S/C15H16N4O5S3/c1-24-19-9(6-4-27-15(16)17-6)13(21)18-10-11(20)8-7(14(22)23)5(2-25)3-26-12(8)10/h4-5,10,12,25H,2-3H2,1H3,(H2,16,17)(H,18,21)(H,22,23)/t5?,10-,12+/m1/s1. The Labute approximate surface area is 167 Å². The number of nitrogens with zero attached hydrogens (tertiary/aromatic N) is 2. The first kappa shape index (κ1) is 19.7. The number of hydrogen-bond donors (Lipinski definition) is 4. The molecule has 1 unspecified atom stereocenters. The maximum Gasteiger partial charge on any atom is 0.332 e. The van der Waals surface area contributed by atoms with Gasteiger partial charge in [-0.2, -0.15) is 24.4 Å². The molecule has 0 radical (unpaired) electrons. The number of aliphatic carboxylic acids is 1. The number of carbonyl (C=O) groups excluding carboxylic acids is 2. The average Bonchev–Trinajstić information content (AvgIpc) is 3.08. The predicted octanol–water partition coefficient (Wildman–Crippen LogP) is 0.186. The molecular weight excluding hydrogens is 412 g/mol. The van der Waals surface area contributed by atoms with Gasteiger partial charge in [0.15, 0.2) is 16.6 Å². The van der Waals surface area contributed by atoms with Gasteiger partial charge in [0, 0.05) is 28.2 Å². The molecule has 3 rings (SSSR count). The maximum absolute atomic E-state index is 12.6. The van der Waals surface area contributed by atoms with Crippen molar-refractivity contribution in [2.45, 2.75) is 11.3 Å². The van der Waals surface area contributed by atoms with Crippen LogP contribution in [-0.2, 0) is 19.2 Å². The average molecular weight is 429 g/mol. The number of anilines is 1. The lowest BCUT2D eigenvalue weighted by atomic mass is 9.77. The Kier molecular flexibility index (Phi) is 5.77. The van der Waals surface area contributed by atoms with Gasteiger partial charge in [-0.25, -0.2) is 9.78 Å². The third kappa shape index (κ3) is 3.56. The highest BCUT2D eigenvalue weighted by molar-refractivity contribution is 8.00. The van der Waals surface area contributed by atoms with Crippen LogP contribution in [0.15, 0.2) is 21.7 Å². The number of ketones is 1. The molecule has 0 bridgehead atoms. The quantitative estimate of drug-likeness (QED) is 0.285. The van der Waals surface area contributed by atoms with E-state index in [9.17, 15) is 19.5 Å². The van der Waals surface area contributed by atoms with Gasteiger partial charge in [0.05, 0.1) is 5.25 Å². The van der Waals surface area contributed by atoms with E-state index in [0.717, 1.165) is 11.3 Å². The fourth-order valence-corrected chi connectivity index (χ4v) is 5.53. The molecule has 0 spiro atoms. The van der Waals surface area contributed by atoms with E-state index < -0.39 is 29.0 Å². The van der Waals surface area contributed by atoms with E-state index in [1.54, 1.807) is 5.38 Å². The molecule has 0 aromatic carbocycles. The zero-order valence-electron chi connectivity index (χ0n) is 14.0. The summed E-state index contributed by atoms with van der Waals surface area (Å²) in [5.41, 5.74) is 6.07. The largest absolute Gasteiger partial charge is 0.478 e. The van der Waals surface area contributed by atoms with Crippen LogP contribution < -0.4 is 11.1 Å². The summed E-state index contributed by atoms with van der Waals surface area (Å²) in [6.07, 6.45) is 0. The van der Waals surface area contributed by atoms with E-state index in [2.05, 4.69) is 28.1 Å². The molecule has 1 amide bonds. The Morgan fingerprint density at radius 1 is 1.56 bits per heavy atom. The number of carboxylic acid groups (broad SMARTS) is 1. The maximum atomic E-state index is 12.6. The molecule has 1 aliphatic carbocycles. The topological polar surface area (TPSA) is 144 Å². The van der Waals surface area contributed by atoms with Gasteiger partial charge in [-0.05, 0) is 5.75 Å². The van der Waals surface area contributed by atoms with E-state index in [4.69, 9.17) is 10.6 Å². The molecular formula is C15H16N4O5S3. The van der Waals surface area contributed by atoms with Crippen molar-refractivity contribution < 1.29 is 24.3 Å². The number of carbonyl (C=O) groups is 3. The third-order valence-corrected chi connectivity index (χ3v) is 6.79. The van der Waals surface area contributed by atoms with Crippen molar-refractivity contribution in [1.82, 2.24) is 10.3 Å². The number of nitrogen functional groups attached to an aromatic ring is 1. The Morgan fingerprint density at radius 2 is 2.30 bits per heavy atom. The summed E-state index contributed by atoms with van der Waals surface area (Å²) in [6, 6.07) is -0.828. The number of nitrogens with two attached hydrogens (primary N) is 1. The molecule has 12 heteroatoms. The molecule has 144 valence electrons. The number of amides is 1. The number of fused-ring (bicyclic) bond motifs is 1. The number of aromatic nitrogens is 1. The number of hydrogen-bond acceptors (Lipinski definition) is 10. The van der Waals surface area contributed by atoms with E-state index in [1.807, 2.05) is 0 Å². The third-order valence-electron chi connectivity index (χ3n) is 4.21. The molecule has 1 saturated carbocycles. The zero-order chi connectivity index (χ0) is 19.7. The Bertz CT molecular complexity index is 865. The van der Waals surface area contributed by atoms with E-state index in [0.29, 0.717) is 11.5 Å². The number of Topliss-reactive ketones (excluding diaryl/α,β-unsaturated/α-hetero) is 1. The second kappa shape index (κ2) is 7.90. The van der Waals surface area contributed by atoms with Crippen LogP contribution in [0, 0.1) is 5.92 Å². The fourth-order valence-electron chi connectivity index (χ4n) is 2.98. The Balaban J connectivity index is 1.82. The van der Waals surface area contributed by atoms with Gasteiger partial charge in [0.25, 0.3) is 5.91 Å². The summed E-state index contributed by atoms with van der Waals surface area (Å²) in [5.74, 6) is -1.61. The van der Waals surface area contributed by atoms with E-state index in [1.165, 1.54) is 18.9 Å². The first-order valence-electron chi connectivity index (χ1n) is 7.76. The second-order valence-electron chi connectivity index (χ2n) is 5.77. The number of thioether (sulfide) groups is 1. The van der Waals surface area contributed by atoms with Gasteiger partial charge >= 0.3 is 5.97 Å². The minimum Gasteiger partial charge on any atom is -0.478 e. The van der Waals surface area contributed by atoms with Crippen molar-refractivity contribution in [3.05, 3.63) is 22.2 Å². The summed E-state index contributed by atoms with van der Waals surface area (Å²) in [6.45, 7) is 0. The van der Waals surface area contributed by atoms with Crippen molar-refractivity contribution in [2.24, 2.45) is 11.1 Å². The summed E-state index contributed by atoms with van der Waals surface area (Å²) >= 11 is 6.75. The monoisotopic (exact) mass is 428 g/mol. The highest BCUT2D eigenvalue weighted by Crippen LogP contribution is 2.44. The van der Waals surface area contributed by atoms with Crippen molar-refractivity contribution in [3.8, 4) is 0 Å². The molecule has 3 atom stereocenters. The Morgan fingerprint density at radius 3 is 2.85 bits per heavy atom. The Hall–Kier alpha value is -2.05. The zero-order valence-corrected chi connectivity index (χ0v) is 16.6. The van der Waals surface area contributed by atoms with E-state index >= 15 is 0 Å². The van der Waals surface area contributed by atoms with Gasteiger partial charge < -0.3 is 21.0 Å². The minimum atomic E-state index is -1.12. The lowest BCUT2D eigenvalue weighted by molar-refractivity contribution is -0.134. The molecule has 9 nitrogen and oxygen atoms in total. The molecule has 2 heterocycles. The molecule has 1 aromatic rings. The van der Waals surface area contributed by atoms with Crippen molar-refractivity contribution >= 4 is 64.2 Å². The summed E-state index contributed by atoms with van der Waals surface area (Å²) in [5, 5.41) is 17.1. The van der Waals surface area contributed by atoms with Crippen LogP contribution >= 0.6 is 35.7 Å². The molecule has 0 saturated heterocycles.